The Morgan fingerprint density at radius 2 is 2.26 bits per heavy atom. The highest BCUT2D eigenvalue weighted by atomic mass is 16.5. The molecule has 1 amide bonds. The summed E-state index contributed by atoms with van der Waals surface area (Å²) in [5.41, 5.74) is -1.60. The molecule has 118 valence electrons. The number of aromatic amines is 1. The first-order valence-electron chi connectivity index (χ1n) is 6.64. The summed E-state index contributed by atoms with van der Waals surface area (Å²) < 4.78 is 10.8. The molecule has 23 heavy (non-hydrogen) atoms. The highest BCUT2D eigenvalue weighted by Gasteiger charge is 2.16. The van der Waals surface area contributed by atoms with Crippen LogP contribution in [-0.4, -0.2) is 20.6 Å². The first kappa shape index (κ1) is 14.6. The van der Waals surface area contributed by atoms with E-state index in [0.29, 0.717) is 11.5 Å². The maximum atomic E-state index is 12.3. The number of furan rings is 1. The van der Waals surface area contributed by atoms with Gasteiger partial charge in [0, 0.05) is 12.3 Å². The second-order valence-corrected chi connectivity index (χ2v) is 4.76. The van der Waals surface area contributed by atoms with Crippen LogP contribution in [0.5, 0.6) is 0 Å². The van der Waals surface area contributed by atoms with Gasteiger partial charge in [0.15, 0.2) is 5.82 Å². The van der Waals surface area contributed by atoms with E-state index in [1.165, 1.54) is 12.3 Å². The molecular formula is C14H12N4O5. The van der Waals surface area contributed by atoms with Crippen molar-refractivity contribution in [2.24, 2.45) is 0 Å². The largest absolute Gasteiger partial charge is 0.467 e. The van der Waals surface area contributed by atoms with Gasteiger partial charge in [-0.3, -0.25) is 14.2 Å². The van der Waals surface area contributed by atoms with E-state index >= 15 is 0 Å². The summed E-state index contributed by atoms with van der Waals surface area (Å²) in [5.74, 6) is 0.405. The summed E-state index contributed by atoms with van der Waals surface area (Å²) in [4.78, 5) is 38.7. The monoisotopic (exact) mass is 316 g/mol. The minimum Gasteiger partial charge on any atom is -0.467 e. The van der Waals surface area contributed by atoms with Crippen molar-refractivity contribution < 1.29 is 13.7 Å². The van der Waals surface area contributed by atoms with Gasteiger partial charge < -0.3 is 19.2 Å². The normalized spacial score (nSPS) is 10.7. The van der Waals surface area contributed by atoms with Crippen molar-refractivity contribution in [2.45, 2.75) is 13.5 Å². The lowest BCUT2D eigenvalue weighted by atomic mass is 10.3. The van der Waals surface area contributed by atoms with E-state index in [0.717, 1.165) is 10.8 Å². The van der Waals surface area contributed by atoms with Crippen LogP contribution in [0, 0.1) is 6.92 Å². The van der Waals surface area contributed by atoms with Crippen LogP contribution in [0.15, 0.2) is 49.2 Å². The number of carbonyl (C=O) groups is 1. The zero-order valence-corrected chi connectivity index (χ0v) is 12.0. The quantitative estimate of drug-likeness (QED) is 0.731. The van der Waals surface area contributed by atoms with Crippen molar-refractivity contribution in [1.82, 2.24) is 14.7 Å². The van der Waals surface area contributed by atoms with Gasteiger partial charge in [-0.1, -0.05) is 5.16 Å². The number of hydrogen-bond acceptors (Lipinski definition) is 6. The molecule has 0 aliphatic carbocycles. The zero-order chi connectivity index (χ0) is 16.4. The molecule has 0 aliphatic rings. The van der Waals surface area contributed by atoms with Gasteiger partial charge in [0.05, 0.1) is 12.8 Å². The van der Waals surface area contributed by atoms with E-state index in [-0.39, 0.29) is 17.9 Å². The van der Waals surface area contributed by atoms with Crippen molar-refractivity contribution in [3.8, 4) is 0 Å². The minimum atomic E-state index is -0.733. The number of nitrogens with one attached hydrogen (secondary N) is 2. The van der Waals surface area contributed by atoms with Gasteiger partial charge in [0.1, 0.15) is 17.1 Å². The summed E-state index contributed by atoms with van der Waals surface area (Å²) in [6.45, 7) is 1.59. The van der Waals surface area contributed by atoms with Crippen LogP contribution in [0.2, 0.25) is 0 Å². The van der Waals surface area contributed by atoms with Crippen LogP contribution in [0.25, 0.3) is 0 Å². The molecule has 0 radical (unpaired) electrons. The average Bonchev–Trinajstić information content (AvgIpc) is 3.15. The first-order valence-corrected chi connectivity index (χ1v) is 6.64. The number of carbonyl (C=O) groups excluding carboxylic acids is 1. The Kier molecular flexibility index (Phi) is 3.67. The summed E-state index contributed by atoms with van der Waals surface area (Å²) >= 11 is 0. The van der Waals surface area contributed by atoms with Gasteiger partial charge in [0.2, 0.25) is 0 Å². The molecule has 3 rings (SSSR count). The second-order valence-electron chi connectivity index (χ2n) is 4.76. The molecule has 0 atom stereocenters. The third kappa shape index (κ3) is 2.98. The third-order valence-corrected chi connectivity index (χ3v) is 3.07. The van der Waals surface area contributed by atoms with Crippen molar-refractivity contribution in [3.63, 3.8) is 0 Å². The minimum absolute atomic E-state index is 0.0780. The number of hydrogen-bond donors (Lipinski definition) is 2. The Labute approximate surface area is 128 Å². The average molecular weight is 316 g/mol. The molecular weight excluding hydrogens is 304 g/mol. The van der Waals surface area contributed by atoms with Crippen LogP contribution in [0.4, 0.5) is 5.82 Å². The summed E-state index contributed by atoms with van der Waals surface area (Å²) in [7, 11) is 0. The number of anilines is 1. The van der Waals surface area contributed by atoms with Gasteiger partial charge in [-0.05, 0) is 19.1 Å². The van der Waals surface area contributed by atoms with Crippen LogP contribution in [-0.2, 0) is 6.54 Å². The molecule has 0 aromatic carbocycles. The SMILES string of the molecule is Cc1cc(NC(=O)c2c[nH]c(=O)n(Cc3ccco3)c2=O)no1. The standard InChI is InChI=1S/C14H12N4O5/c1-8-5-11(17-23-8)16-12(19)10-6-15-14(21)18(13(10)20)7-9-3-2-4-22-9/h2-6H,7H2,1H3,(H,15,21)(H,16,17,19). The number of aromatic nitrogens is 3. The molecule has 0 unspecified atom stereocenters. The third-order valence-electron chi connectivity index (χ3n) is 3.07. The van der Waals surface area contributed by atoms with Gasteiger partial charge in [-0.2, -0.15) is 0 Å². The van der Waals surface area contributed by atoms with E-state index in [4.69, 9.17) is 8.94 Å². The lowest BCUT2D eigenvalue weighted by molar-refractivity contribution is 0.102. The van der Waals surface area contributed by atoms with Gasteiger partial charge >= 0.3 is 5.69 Å². The topological polar surface area (TPSA) is 123 Å². The Morgan fingerprint density at radius 3 is 2.91 bits per heavy atom. The molecule has 0 saturated carbocycles. The molecule has 3 heterocycles. The number of amides is 1. The highest BCUT2D eigenvalue weighted by molar-refractivity contribution is 6.03. The Morgan fingerprint density at radius 1 is 1.43 bits per heavy atom. The van der Waals surface area contributed by atoms with Gasteiger partial charge in [-0.15, -0.1) is 0 Å². The second kappa shape index (κ2) is 5.79. The summed E-state index contributed by atoms with van der Waals surface area (Å²) in [6, 6.07) is 4.76. The van der Waals surface area contributed by atoms with E-state index < -0.39 is 17.2 Å². The number of rotatable bonds is 4. The smallest absolute Gasteiger partial charge is 0.328 e. The number of H-pyrrole nitrogens is 1. The lowest BCUT2D eigenvalue weighted by Crippen LogP contribution is -2.39. The highest BCUT2D eigenvalue weighted by Crippen LogP contribution is 2.08. The summed E-state index contributed by atoms with van der Waals surface area (Å²) in [6.07, 6.45) is 2.49. The van der Waals surface area contributed by atoms with E-state index in [1.807, 2.05) is 0 Å². The molecule has 9 heteroatoms. The van der Waals surface area contributed by atoms with Crippen molar-refractivity contribution in [3.05, 3.63) is 68.6 Å². The van der Waals surface area contributed by atoms with E-state index in [2.05, 4.69) is 15.5 Å². The molecule has 3 aromatic rings. The molecule has 2 N–H and O–H groups in total. The van der Waals surface area contributed by atoms with Crippen LogP contribution in [0.1, 0.15) is 21.9 Å². The van der Waals surface area contributed by atoms with Crippen LogP contribution < -0.4 is 16.6 Å². The molecule has 0 fully saturated rings. The van der Waals surface area contributed by atoms with Crippen molar-refractivity contribution in [1.29, 1.82) is 0 Å². The van der Waals surface area contributed by atoms with Crippen molar-refractivity contribution in [2.75, 3.05) is 5.32 Å². The van der Waals surface area contributed by atoms with Gasteiger partial charge in [-0.25, -0.2) is 4.79 Å². The number of aryl methyl sites for hydroxylation is 1. The molecule has 0 aliphatic heterocycles. The maximum absolute atomic E-state index is 12.3. The fourth-order valence-corrected chi connectivity index (χ4v) is 1.98. The molecule has 0 spiro atoms. The van der Waals surface area contributed by atoms with Crippen LogP contribution in [0.3, 0.4) is 0 Å². The molecule has 9 nitrogen and oxygen atoms in total. The van der Waals surface area contributed by atoms with Gasteiger partial charge in [0.25, 0.3) is 11.5 Å². The Bertz CT molecular complexity index is 948. The van der Waals surface area contributed by atoms with Crippen LogP contribution >= 0.6 is 0 Å². The predicted octanol–water partition coefficient (Wildman–Crippen LogP) is 0.727. The van der Waals surface area contributed by atoms with E-state index in [1.54, 1.807) is 19.1 Å². The van der Waals surface area contributed by atoms with E-state index in [9.17, 15) is 14.4 Å². The van der Waals surface area contributed by atoms with Crippen molar-refractivity contribution >= 4 is 11.7 Å². The fourth-order valence-electron chi connectivity index (χ4n) is 1.98. The lowest BCUT2D eigenvalue weighted by Gasteiger charge is -2.05. The summed E-state index contributed by atoms with van der Waals surface area (Å²) in [5, 5.41) is 6.03. The molecule has 0 saturated heterocycles. The fraction of sp³-hybridized carbons (Fsp3) is 0.143. The molecule has 3 aromatic heterocycles. The predicted molar refractivity (Wildman–Crippen MR) is 78.3 cm³/mol. The molecule has 0 bridgehead atoms. The Balaban J connectivity index is 1.92. The maximum Gasteiger partial charge on any atom is 0.328 e. The zero-order valence-electron chi connectivity index (χ0n) is 12.0. The first-order chi connectivity index (χ1) is 11.0. The Hall–Kier alpha value is -3.36. The number of nitrogens with zero attached hydrogens (tertiary/aromatic N) is 2.